The summed E-state index contributed by atoms with van der Waals surface area (Å²) in [7, 11) is 1.78. The van der Waals surface area contributed by atoms with E-state index in [-0.39, 0.29) is 17.9 Å². The summed E-state index contributed by atoms with van der Waals surface area (Å²) >= 11 is 1.27. The molecule has 0 spiro atoms. The van der Waals surface area contributed by atoms with Gasteiger partial charge in [0.05, 0.1) is 11.6 Å². The lowest BCUT2D eigenvalue weighted by atomic mass is 10.1. The molecule has 8 heteroatoms. The van der Waals surface area contributed by atoms with E-state index in [9.17, 15) is 9.59 Å². The standard InChI is InChI=1S/C26H29N5O2S/c1-16-12-14-19(15-13-16)23(32)28-25-27-22-21(34-25)20(29-31(22)26(3,4)5)24(33)30(6)17(2)18-10-8-7-9-11-18/h7-15,17H,1-6H3,(H,27,28,32)/t17-/m0/s1. The zero-order chi connectivity index (χ0) is 24.6. The van der Waals surface area contributed by atoms with Crippen molar-refractivity contribution in [2.24, 2.45) is 0 Å². The molecular weight excluding hydrogens is 446 g/mol. The van der Waals surface area contributed by atoms with Gasteiger partial charge in [-0.2, -0.15) is 10.1 Å². The number of nitrogens with zero attached hydrogens (tertiary/aromatic N) is 4. The minimum absolute atomic E-state index is 0.128. The van der Waals surface area contributed by atoms with Gasteiger partial charge in [0.25, 0.3) is 11.8 Å². The molecule has 2 aromatic carbocycles. The van der Waals surface area contributed by atoms with E-state index < -0.39 is 5.54 Å². The minimum atomic E-state index is -0.396. The molecule has 0 aliphatic carbocycles. The fraction of sp³-hybridized carbons (Fsp3) is 0.308. The molecule has 1 N–H and O–H groups in total. The number of carbonyl (C=O) groups is 2. The number of aryl methyl sites for hydroxylation is 1. The lowest BCUT2D eigenvalue weighted by Crippen LogP contribution is -2.31. The average Bonchev–Trinajstić information content (AvgIpc) is 3.36. The third-order valence-corrected chi connectivity index (χ3v) is 6.75. The number of thiazole rings is 1. The van der Waals surface area contributed by atoms with Crippen LogP contribution < -0.4 is 5.32 Å². The van der Waals surface area contributed by atoms with Gasteiger partial charge in [-0.1, -0.05) is 59.4 Å². The normalized spacial score (nSPS) is 12.5. The first-order valence-electron chi connectivity index (χ1n) is 11.2. The molecule has 0 saturated carbocycles. The van der Waals surface area contributed by atoms with Gasteiger partial charge in [-0.25, -0.2) is 4.68 Å². The van der Waals surface area contributed by atoms with Crippen molar-refractivity contribution in [2.75, 3.05) is 12.4 Å². The van der Waals surface area contributed by atoms with E-state index in [4.69, 9.17) is 0 Å². The molecule has 0 saturated heterocycles. The van der Waals surface area contributed by atoms with Crippen LogP contribution in [0.15, 0.2) is 54.6 Å². The second-order valence-corrected chi connectivity index (χ2v) is 10.4. The van der Waals surface area contributed by atoms with E-state index in [0.717, 1.165) is 11.1 Å². The van der Waals surface area contributed by atoms with Crippen molar-refractivity contribution >= 4 is 38.6 Å². The summed E-state index contributed by atoms with van der Waals surface area (Å²) in [5.74, 6) is -0.432. The molecule has 0 radical (unpaired) electrons. The number of fused-ring (bicyclic) bond motifs is 1. The van der Waals surface area contributed by atoms with Gasteiger partial charge in [0.2, 0.25) is 0 Å². The average molecular weight is 476 g/mol. The van der Waals surface area contributed by atoms with Crippen molar-refractivity contribution < 1.29 is 9.59 Å². The van der Waals surface area contributed by atoms with E-state index >= 15 is 0 Å². The van der Waals surface area contributed by atoms with Gasteiger partial charge in [-0.15, -0.1) is 0 Å². The molecule has 34 heavy (non-hydrogen) atoms. The molecule has 7 nitrogen and oxygen atoms in total. The monoisotopic (exact) mass is 475 g/mol. The Labute approximate surface area is 203 Å². The Balaban J connectivity index is 1.69. The first-order chi connectivity index (χ1) is 16.1. The van der Waals surface area contributed by atoms with Gasteiger partial charge in [-0.3, -0.25) is 14.9 Å². The fourth-order valence-corrected chi connectivity index (χ4v) is 4.55. The van der Waals surface area contributed by atoms with Gasteiger partial charge < -0.3 is 4.90 Å². The lowest BCUT2D eigenvalue weighted by Gasteiger charge is -2.25. The van der Waals surface area contributed by atoms with E-state index in [1.54, 1.807) is 28.8 Å². The molecule has 2 heterocycles. The van der Waals surface area contributed by atoms with Crippen molar-refractivity contribution in [1.29, 1.82) is 0 Å². The van der Waals surface area contributed by atoms with Crippen LogP contribution in [-0.2, 0) is 5.54 Å². The second-order valence-electron chi connectivity index (χ2n) is 9.43. The molecule has 2 aromatic heterocycles. The van der Waals surface area contributed by atoms with Crippen LogP contribution >= 0.6 is 11.3 Å². The molecule has 2 amide bonds. The van der Waals surface area contributed by atoms with Crippen molar-refractivity contribution in [1.82, 2.24) is 19.7 Å². The van der Waals surface area contributed by atoms with Gasteiger partial charge >= 0.3 is 0 Å². The molecule has 176 valence electrons. The van der Waals surface area contributed by atoms with Crippen LogP contribution in [0.25, 0.3) is 10.3 Å². The SMILES string of the molecule is Cc1ccc(C(=O)Nc2nc3c(s2)c(C(=O)N(C)[C@@H](C)c2ccccc2)nn3C(C)(C)C)cc1. The predicted molar refractivity (Wildman–Crippen MR) is 136 cm³/mol. The number of nitrogens with one attached hydrogen (secondary N) is 1. The largest absolute Gasteiger partial charge is 0.334 e. The maximum Gasteiger partial charge on any atom is 0.276 e. The fourth-order valence-electron chi connectivity index (χ4n) is 3.64. The Morgan fingerprint density at radius 3 is 2.32 bits per heavy atom. The maximum atomic E-state index is 13.5. The first kappa shape index (κ1) is 23.6. The number of aromatic nitrogens is 3. The summed E-state index contributed by atoms with van der Waals surface area (Å²) in [5.41, 5.74) is 3.20. The highest BCUT2D eigenvalue weighted by Crippen LogP contribution is 2.34. The summed E-state index contributed by atoms with van der Waals surface area (Å²) < 4.78 is 2.42. The highest BCUT2D eigenvalue weighted by Gasteiger charge is 2.30. The lowest BCUT2D eigenvalue weighted by molar-refractivity contribution is 0.0736. The van der Waals surface area contributed by atoms with E-state index in [1.807, 2.05) is 77.1 Å². The van der Waals surface area contributed by atoms with E-state index in [1.165, 1.54) is 11.3 Å². The van der Waals surface area contributed by atoms with Crippen LogP contribution in [0.2, 0.25) is 0 Å². The highest BCUT2D eigenvalue weighted by atomic mass is 32.1. The zero-order valence-corrected chi connectivity index (χ0v) is 21.1. The summed E-state index contributed by atoms with van der Waals surface area (Å²) in [6.07, 6.45) is 0. The Hall–Kier alpha value is -3.52. The minimum Gasteiger partial charge on any atom is -0.334 e. The number of anilines is 1. The molecule has 0 aliphatic heterocycles. The Morgan fingerprint density at radius 1 is 1.06 bits per heavy atom. The second kappa shape index (κ2) is 9.02. The Kier molecular flexibility index (Phi) is 6.27. The molecule has 0 aliphatic rings. The molecule has 4 rings (SSSR count). The molecule has 1 atom stereocenters. The van der Waals surface area contributed by atoms with Crippen molar-refractivity contribution in [2.45, 2.75) is 46.2 Å². The summed E-state index contributed by atoms with van der Waals surface area (Å²) in [6.45, 7) is 9.99. The molecule has 0 bridgehead atoms. The molecule has 0 unspecified atom stereocenters. The quantitative estimate of drug-likeness (QED) is 0.405. The number of carbonyl (C=O) groups excluding carboxylic acids is 2. The van der Waals surface area contributed by atoms with Crippen molar-refractivity contribution in [3.8, 4) is 0 Å². The number of hydrogen-bond donors (Lipinski definition) is 1. The Bertz CT molecular complexity index is 1330. The highest BCUT2D eigenvalue weighted by molar-refractivity contribution is 7.22. The molecular formula is C26H29N5O2S. The third-order valence-electron chi connectivity index (χ3n) is 5.78. The van der Waals surface area contributed by atoms with E-state index in [2.05, 4.69) is 15.4 Å². The van der Waals surface area contributed by atoms with Crippen LogP contribution in [0.1, 0.15) is 65.7 Å². The van der Waals surface area contributed by atoms with Crippen LogP contribution in [0.3, 0.4) is 0 Å². The number of amides is 2. The van der Waals surface area contributed by atoms with Gasteiger partial charge in [-0.05, 0) is 52.3 Å². The third kappa shape index (κ3) is 4.59. The maximum absolute atomic E-state index is 13.5. The summed E-state index contributed by atoms with van der Waals surface area (Å²) in [5, 5.41) is 7.98. The molecule has 0 fully saturated rings. The smallest absolute Gasteiger partial charge is 0.276 e. The van der Waals surface area contributed by atoms with Crippen LogP contribution in [0.4, 0.5) is 5.13 Å². The van der Waals surface area contributed by atoms with Crippen LogP contribution in [-0.4, -0.2) is 38.5 Å². The van der Waals surface area contributed by atoms with Crippen LogP contribution in [0, 0.1) is 6.92 Å². The zero-order valence-electron chi connectivity index (χ0n) is 20.3. The number of hydrogen-bond acceptors (Lipinski definition) is 5. The predicted octanol–water partition coefficient (Wildman–Crippen LogP) is 5.64. The topological polar surface area (TPSA) is 80.1 Å². The summed E-state index contributed by atoms with van der Waals surface area (Å²) in [4.78, 5) is 32.6. The first-order valence-corrected chi connectivity index (χ1v) is 12.0. The Morgan fingerprint density at radius 2 is 1.71 bits per heavy atom. The number of benzene rings is 2. The van der Waals surface area contributed by atoms with Gasteiger partial charge in [0.15, 0.2) is 16.5 Å². The molecule has 4 aromatic rings. The summed E-state index contributed by atoms with van der Waals surface area (Å²) in [6, 6.07) is 17.1. The van der Waals surface area contributed by atoms with Gasteiger partial charge in [0, 0.05) is 12.6 Å². The van der Waals surface area contributed by atoms with Crippen molar-refractivity contribution in [3.05, 3.63) is 77.0 Å². The van der Waals surface area contributed by atoms with Gasteiger partial charge in [0.1, 0.15) is 4.70 Å². The van der Waals surface area contributed by atoms with E-state index in [0.29, 0.717) is 26.7 Å². The number of rotatable bonds is 5. The van der Waals surface area contributed by atoms with Crippen LogP contribution in [0.5, 0.6) is 0 Å². The van der Waals surface area contributed by atoms with Crippen molar-refractivity contribution in [3.63, 3.8) is 0 Å².